The number of amides is 1. The minimum atomic E-state index is -2.94. The number of fused-ring (bicyclic) bond motifs is 3. The van der Waals surface area contributed by atoms with E-state index in [0.717, 1.165) is 0 Å². The summed E-state index contributed by atoms with van der Waals surface area (Å²) in [5.74, 6) is -5.96. The van der Waals surface area contributed by atoms with Crippen LogP contribution in [0.4, 0.5) is 20.2 Å². The maximum absolute atomic E-state index is 13.9. The highest BCUT2D eigenvalue weighted by atomic mass is 19.3. The molecule has 5 rings (SSSR count). The molecule has 0 radical (unpaired) electrons. The van der Waals surface area contributed by atoms with Crippen molar-refractivity contribution in [2.75, 3.05) is 24.3 Å². The summed E-state index contributed by atoms with van der Waals surface area (Å²) in [6.45, 7) is -2.76. The number of benzene rings is 2. The molecule has 10 nitrogen and oxygen atoms in total. The van der Waals surface area contributed by atoms with Gasteiger partial charge in [0, 0.05) is 38.3 Å². The number of ketones is 2. The van der Waals surface area contributed by atoms with Crippen molar-refractivity contribution in [3.8, 4) is 11.5 Å². The van der Waals surface area contributed by atoms with Gasteiger partial charge in [0.1, 0.15) is 28.6 Å². The number of aliphatic hydroxyl groups is 2. The standard InChI is InChI=1S/C29H29F2N3O7/c1-34(2)18-10-17(33-11-12-3-5-15(6-4-12)41-29(30)31)24(36)22-16(18)8-13-7-14-9-19(35)23(28(32)40)27(39)21(14)25(37)20(13)26(22)38/h3-6,10,13-14,21,29,33,35-37H,7-9,11H2,1-2H3,(H2,32,40). The summed E-state index contributed by atoms with van der Waals surface area (Å²) in [4.78, 5) is 40.6. The smallest absolute Gasteiger partial charge is 0.387 e. The van der Waals surface area contributed by atoms with E-state index in [1.807, 2.05) is 0 Å². The van der Waals surface area contributed by atoms with Crippen LogP contribution in [-0.4, -0.2) is 53.5 Å². The maximum Gasteiger partial charge on any atom is 0.387 e. The predicted octanol–water partition coefficient (Wildman–Crippen LogP) is 3.75. The Bertz CT molecular complexity index is 1520. The van der Waals surface area contributed by atoms with Crippen LogP contribution in [0.1, 0.15) is 34.3 Å². The fourth-order valence-corrected chi connectivity index (χ4v) is 6.21. The molecule has 0 saturated carbocycles. The SMILES string of the molecule is CN(C)c1cc(NCc2ccc(OC(F)F)cc2)c(O)c2c1CC1CC3CC(O)=C(C(N)=O)C(=O)C3C(O)=C1C2=O. The molecule has 1 amide bonds. The molecule has 3 atom stereocenters. The fraction of sp³-hybridized carbons (Fsp3) is 0.345. The molecule has 3 aliphatic rings. The van der Waals surface area contributed by atoms with Crippen molar-refractivity contribution in [3.63, 3.8) is 0 Å². The monoisotopic (exact) mass is 569 g/mol. The predicted molar refractivity (Wildman–Crippen MR) is 144 cm³/mol. The van der Waals surface area contributed by atoms with Gasteiger partial charge in [0.15, 0.2) is 11.6 Å². The van der Waals surface area contributed by atoms with Crippen LogP contribution in [0.15, 0.2) is 53.0 Å². The van der Waals surface area contributed by atoms with E-state index >= 15 is 0 Å². The number of Topliss-reactive ketones (excluding diaryl/α,β-unsaturated/α-hetero) is 2. The Morgan fingerprint density at radius 2 is 1.83 bits per heavy atom. The average Bonchev–Trinajstić information content (AvgIpc) is 2.87. The summed E-state index contributed by atoms with van der Waals surface area (Å²) < 4.78 is 29.2. The number of allylic oxidation sites excluding steroid dienone is 3. The van der Waals surface area contributed by atoms with Gasteiger partial charge in [-0.25, -0.2) is 0 Å². The van der Waals surface area contributed by atoms with Crippen molar-refractivity contribution in [2.45, 2.75) is 32.4 Å². The van der Waals surface area contributed by atoms with Crippen molar-refractivity contribution in [1.82, 2.24) is 0 Å². The van der Waals surface area contributed by atoms with Crippen LogP contribution in [-0.2, 0) is 22.6 Å². The van der Waals surface area contributed by atoms with Gasteiger partial charge < -0.3 is 36.0 Å². The number of nitrogens with two attached hydrogens (primary N) is 1. The molecule has 41 heavy (non-hydrogen) atoms. The van der Waals surface area contributed by atoms with Gasteiger partial charge >= 0.3 is 6.61 Å². The number of hydrogen-bond acceptors (Lipinski definition) is 9. The first-order valence-electron chi connectivity index (χ1n) is 13.0. The quantitative estimate of drug-likeness (QED) is 0.247. The molecule has 2 aromatic carbocycles. The zero-order valence-electron chi connectivity index (χ0n) is 22.3. The minimum Gasteiger partial charge on any atom is -0.511 e. The van der Waals surface area contributed by atoms with Crippen LogP contribution in [0, 0.1) is 17.8 Å². The maximum atomic E-state index is 13.9. The van der Waals surface area contributed by atoms with Crippen molar-refractivity contribution < 1.29 is 43.2 Å². The van der Waals surface area contributed by atoms with E-state index in [0.29, 0.717) is 23.2 Å². The Labute approximate surface area is 233 Å². The highest BCUT2D eigenvalue weighted by Gasteiger charge is 2.50. The number of anilines is 2. The molecule has 0 spiro atoms. The first-order valence-corrected chi connectivity index (χ1v) is 13.0. The summed E-state index contributed by atoms with van der Waals surface area (Å²) in [6.07, 6.45) is 0.557. The van der Waals surface area contributed by atoms with E-state index in [2.05, 4.69) is 10.1 Å². The number of hydrogen-bond donors (Lipinski definition) is 5. The molecule has 0 saturated heterocycles. The lowest BCUT2D eigenvalue weighted by Gasteiger charge is -2.41. The minimum absolute atomic E-state index is 0.00308. The Balaban J connectivity index is 1.51. The molecule has 0 bridgehead atoms. The largest absolute Gasteiger partial charge is 0.511 e. The fourth-order valence-electron chi connectivity index (χ4n) is 6.21. The van der Waals surface area contributed by atoms with Crippen LogP contribution in [0.2, 0.25) is 0 Å². The molecule has 0 heterocycles. The van der Waals surface area contributed by atoms with Gasteiger partial charge in [0.05, 0.1) is 17.2 Å². The van der Waals surface area contributed by atoms with E-state index < -0.39 is 58.9 Å². The lowest BCUT2D eigenvalue weighted by Crippen LogP contribution is -2.43. The summed E-state index contributed by atoms with van der Waals surface area (Å²) in [5, 5.41) is 35.9. The van der Waals surface area contributed by atoms with Gasteiger partial charge in [-0.2, -0.15) is 8.78 Å². The highest BCUT2D eigenvalue weighted by Crippen LogP contribution is 2.51. The van der Waals surface area contributed by atoms with Crippen LogP contribution < -0.4 is 20.7 Å². The van der Waals surface area contributed by atoms with E-state index in [-0.39, 0.29) is 47.7 Å². The third kappa shape index (κ3) is 4.83. The summed E-state index contributed by atoms with van der Waals surface area (Å²) in [5.41, 5.74) is 6.89. The number of primary amides is 1. The Morgan fingerprint density at radius 1 is 1.15 bits per heavy atom. The van der Waals surface area contributed by atoms with Gasteiger partial charge in [0.2, 0.25) is 0 Å². The summed E-state index contributed by atoms with van der Waals surface area (Å²) >= 11 is 0. The highest BCUT2D eigenvalue weighted by molar-refractivity contribution is 6.22. The number of halogens is 2. The van der Waals surface area contributed by atoms with Gasteiger partial charge in [-0.15, -0.1) is 0 Å². The van der Waals surface area contributed by atoms with Crippen molar-refractivity contribution in [1.29, 1.82) is 0 Å². The molecule has 6 N–H and O–H groups in total. The number of aromatic hydroxyl groups is 1. The second-order valence-corrected chi connectivity index (χ2v) is 10.7. The Kier molecular flexibility index (Phi) is 7.10. The normalized spacial score (nSPS) is 21.8. The van der Waals surface area contributed by atoms with Crippen LogP contribution in [0.3, 0.4) is 0 Å². The molecule has 3 unspecified atom stereocenters. The number of phenolic OH excluding ortho intramolecular Hbond substituents is 1. The number of alkyl halides is 2. The molecule has 0 fully saturated rings. The van der Waals surface area contributed by atoms with E-state index in [9.17, 15) is 38.5 Å². The summed E-state index contributed by atoms with van der Waals surface area (Å²) in [7, 11) is 3.58. The number of carbonyl (C=O) groups is 3. The molecular formula is C29H29F2N3O7. The number of rotatable bonds is 7. The van der Waals surface area contributed by atoms with Crippen LogP contribution in [0.5, 0.6) is 11.5 Å². The molecule has 216 valence electrons. The summed E-state index contributed by atoms with van der Waals surface area (Å²) in [6, 6.07) is 7.65. The van der Waals surface area contributed by atoms with Crippen molar-refractivity contribution >= 4 is 28.8 Å². The zero-order chi connectivity index (χ0) is 29.7. The van der Waals surface area contributed by atoms with Gasteiger partial charge in [-0.3, -0.25) is 14.4 Å². The van der Waals surface area contributed by atoms with Crippen LogP contribution in [0.25, 0.3) is 0 Å². The van der Waals surface area contributed by atoms with E-state index in [1.54, 1.807) is 37.2 Å². The van der Waals surface area contributed by atoms with Crippen molar-refractivity contribution in [2.24, 2.45) is 23.5 Å². The molecule has 0 aliphatic heterocycles. The average molecular weight is 570 g/mol. The lowest BCUT2D eigenvalue weighted by atomic mass is 9.62. The third-order valence-corrected chi connectivity index (χ3v) is 7.98. The number of ether oxygens (including phenoxy) is 1. The number of nitrogens with one attached hydrogen (secondary N) is 1. The van der Waals surface area contributed by atoms with Crippen LogP contribution >= 0.6 is 0 Å². The lowest BCUT2D eigenvalue weighted by molar-refractivity contribution is -0.126. The zero-order valence-corrected chi connectivity index (χ0v) is 22.3. The first-order chi connectivity index (χ1) is 19.4. The molecular weight excluding hydrogens is 540 g/mol. The Hall–Kier alpha value is -4.61. The second kappa shape index (κ2) is 10.4. The van der Waals surface area contributed by atoms with E-state index in [4.69, 9.17) is 5.73 Å². The van der Waals surface area contributed by atoms with Gasteiger partial charge in [0.25, 0.3) is 5.91 Å². The second-order valence-electron chi connectivity index (χ2n) is 10.7. The van der Waals surface area contributed by atoms with Gasteiger partial charge in [-0.1, -0.05) is 12.1 Å². The molecule has 12 heteroatoms. The number of phenols is 1. The van der Waals surface area contributed by atoms with Gasteiger partial charge in [-0.05, 0) is 54.0 Å². The van der Waals surface area contributed by atoms with E-state index in [1.165, 1.54) is 12.1 Å². The topological polar surface area (TPSA) is 162 Å². The first kappa shape index (κ1) is 27.9. The van der Waals surface area contributed by atoms with Crippen molar-refractivity contribution in [3.05, 3.63) is 69.7 Å². The number of aliphatic hydroxyl groups excluding tert-OH is 2. The molecule has 0 aromatic heterocycles. The number of nitrogens with zero attached hydrogens (tertiary/aromatic N) is 1. The molecule has 3 aliphatic carbocycles. The molecule has 2 aromatic rings. The Morgan fingerprint density at radius 3 is 2.44 bits per heavy atom. The number of carbonyl (C=O) groups excluding carboxylic acids is 3. The third-order valence-electron chi connectivity index (χ3n) is 7.98.